The van der Waals surface area contributed by atoms with Crippen LogP contribution >= 0.6 is 0 Å². The molecule has 4 amide bonds. The molecule has 0 fully saturated rings. The number of para-hydroxylation sites is 2. The number of aliphatic hydroxyl groups excluding tert-OH is 1. The first-order valence-corrected chi connectivity index (χ1v) is 16.7. The topological polar surface area (TPSA) is 95.0 Å². The molecule has 2 heterocycles. The van der Waals surface area contributed by atoms with Crippen LogP contribution in [0.15, 0.2) is 91.0 Å². The lowest BCUT2D eigenvalue weighted by Gasteiger charge is -2.32. The lowest BCUT2D eigenvalue weighted by atomic mass is 9.82. The highest BCUT2D eigenvalue weighted by Crippen LogP contribution is 2.47. The number of hydrogen-bond acceptors (Lipinski definition) is 5. The van der Waals surface area contributed by atoms with Crippen LogP contribution in [-0.4, -0.2) is 35.3 Å². The van der Waals surface area contributed by atoms with Gasteiger partial charge in [-0.05, 0) is 98.6 Å². The summed E-state index contributed by atoms with van der Waals surface area (Å²) in [5, 5.41) is 15.9. The van der Waals surface area contributed by atoms with Gasteiger partial charge in [0.25, 0.3) is 23.6 Å². The monoisotopic (exact) mass is 642 g/mol. The molecule has 49 heavy (non-hydrogen) atoms. The molecule has 0 bridgehead atoms. The average Bonchev–Trinajstić information content (AvgIpc) is 3.13. The second kappa shape index (κ2) is 10.5. The Morgan fingerprint density at radius 2 is 0.878 bits per heavy atom. The van der Waals surface area contributed by atoms with E-state index >= 15 is 0 Å². The summed E-state index contributed by atoms with van der Waals surface area (Å²) >= 11 is 0. The first-order chi connectivity index (χ1) is 23.9. The summed E-state index contributed by atoms with van der Waals surface area (Å²) in [6.45, 7) is 3.94. The number of nitrogens with zero attached hydrogens (tertiary/aromatic N) is 2. The molecule has 9 rings (SSSR count). The molecule has 7 aromatic carbocycles. The standard InChI is InChI=1S/C42H30N2O5/c1-3-22-9-7-10-23(4-2)38(22)44-41(48)31-18-14-27-25-12-16-29-36-30(40(47)43(39(29)46)33-11-6-5-8-24(33)20-21-45)17-13-26(34(25)36)28-15-19-32(42(44)49)37(31)35(27)28/h5-19,45H,3-4,20-21H2,1-2H3. The average molecular weight is 643 g/mol. The minimum Gasteiger partial charge on any atom is -0.396 e. The first-order valence-electron chi connectivity index (χ1n) is 16.7. The summed E-state index contributed by atoms with van der Waals surface area (Å²) in [5.74, 6) is -1.52. The summed E-state index contributed by atoms with van der Waals surface area (Å²) < 4.78 is 0. The molecule has 7 aromatic rings. The van der Waals surface area contributed by atoms with Gasteiger partial charge in [-0.15, -0.1) is 0 Å². The van der Waals surface area contributed by atoms with Crippen molar-refractivity contribution in [3.63, 3.8) is 0 Å². The van der Waals surface area contributed by atoms with E-state index in [1.165, 1.54) is 9.80 Å². The van der Waals surface area contributed by atoms with E-state index in [9.17, 15) is 24.3 Å². The second-order valence-corrected chi connectivity index (χ2v) is 12.8. The van der Waals surface area contributed by atoms with Crippen LogP contribution < -0.4 is 9.80 Å². The molecule has 0 unspecified atom stereocenters. The largest absolute Gasteiger partial charge is 0.396 e. The van der Waals surface area contributed by atoms with Gasteiger partial charge in [0.05, 0.1) is 11.4 Å². The summed E-state index contributed by atoms with van der Waals surface area (Å²) in [6.07, 6.45) is 1.68. The SMILES string of the molecule is CCc1cccc(CC)c1N1C(=O)c2ccc3c4ccc5c6c(ccc(c7ccc(c2c37)C1=O)c64)C(=O)N(c1ccccc1CCO)C5=O. The fraction of sp³-hybridized carbons (Fsp3) is 0.143. The van der Waals surface area contributed by atoms with E-state index in [2.05, 4.69) is 0 Å². The Morgan fingerprint density at radius 1 is 0.469 bits per heavy atom. The van der Waals surface area contributed by atoms with Crippen molar-refractivity contribution in [2.45, 2.75) is 33.1 Å². The van der Waals surface area contributed by atoms with E-state index < -0.39 is 11.8 Å². The summed E-state index contributed by atoms with van der Waals surface area (Å²) in [6, 6.07) is 27.9. The van der Waals surface area contributed by atoms with Gasteiger partial charge in [0.15, 0.2) is 0 Å². The summed E-state index contributed by atoms with van der Waals surface area (Å²) in [5.41, 5.74) is 5.53. The molecule has 0 saturated carbocycles. The number of carbonyl (C=O) groups is 4. The number of carbonyl (C=O) groups excluding carboxylic acids is 4. The molecular formula is C42H30N2O5. The predicted molar refractivity (Wildman–Crippen MR) is 192 cm³/mol. The van der Waals surface area contributed by atoms with Crippen molar-refractivity contribution < 1.29 is 24.3 Å². The highest BCUT2D eigenvalue weighted by atomic mass is 16.3. The Bertz CT molecular complexity index is 2500. The van der Waals surface area contributed by atoms with Crippen molar-refractivity contribution in [2.24, 2.45) is 0 Å². The molecule has 0 saturated heterocycles. The number of hydrogen-bond donors (Lipinski definition) is 1. The molecule has 0 spiro atoms. The summed E-state index contributed by atoms with van der Waals surface area (Å²) in [4.78, 5) is 59.6. The van der Waals surface area contributed by atoms with E-state index in [0.717, 1.165) is 43.4 Å². The van der Waals surface area contributed by atoms with Crippen molar-refractivity contribution >= 4 is 78.1 Å². The Labute approximate surface area is 281 Å². The van der Waals surface area contributed by atoms with Gasteiger partial charge in [0, 0.05) is 39.6 Å². The van der Waals surface area contributed by atoms with Crippen LogP contribution in [0.2, 0.25) is 0 Å². The van der Waals surface area contributed by atoms with Crippen LogP contribution in [-0.2, 0) is 19.3 Å². The number of benzene rings is 7. The van der Waals surface area contributed by atoms with Crippen molar-refractivity contribution in [2.75, 3.05) is 16.4 Å². The number of rotatable bonds is 6. The first kappa shape index (κ1) is 29.2. The molecular weight excluding hydrogens is 612 g/mol. The van der Waals surface area contributed by atoms with Crippen molar-refractivity contribution in [1.29, 1.82) is 0 Å². The highest BCUT2D eigenvalue weighted by molar-refractivity contribution is 6.45. The maximum absolute atomic E-state index is 14.3. The molecule has 7 heteroatoms. The third-order valence-corrected chi connectivity index (χ3v) is 10.4. The third-order valence-electron chi connectivity index (χ3n) is 10.4. The van der Waals surface area contributed by atoms with Crippen LogP contribution in [0, 0.1) is 0 Å². The number of amides is 4. The molecule has 0 atom stereocenters. The zero-order chi connectivity index (χ0) is 33.7. The Morgan fingerprint density at radius 3 is 1.31 bits per heavy atom. The Hall–Kier alpha value is -5.92. The smallest absolute Gasteiger partial charge is 0.266 e. The lowest BCUT2D eigenvalue weighted by Crippen LogP contribution is -2.41. The van der Waals surface area contributed by atoms with E-state index in [-0.39, 0.29) is 18.4 Å². The van der Waals surface area contributed by atoms with E-state index in [0.29, 0.717) is 69.2 Å². The zero-order valence-electron chi connectivity index (χ0n) is 27.0. The van der Waals surface area contributed by atoms with E-state index in [4.69, 9.17) is 0 Å². The maximum atomic E-state index is 14.3. The molecule has 2 aliphatic heterocycles. The number of aryl methyl sites for hydroxylation is 2. The van der Waals surface area contributed by atoms with Crippen LogP contribution in [0.1, 0.15) is 72.0 Å². The molecule has 7 nitrogen and oxygen atoms in total. The number of imide groups is 2. The number of anilines is 2. The zero-order valence-corrected chi connectivity index (χ0v) is 27.0. The van der Waals surface area contributed by atoms with Gasteiger partial charge in [0.1, 0.15) is 0 Å². The van der Waals surface area contributed by atoms with Gasteiger partial charge in [-0.2, -0.15) is 0 Å². The molecule has 0 aliphatic carbocycles. The molecule has 0 radical (unpaired) electrons. The van der Waals surface area contributed by atoms with E-state index in [1.807, 2.05) is 80.6 Å². The van der Waals surface area contributed by atoms with Gasteiger partial charge in [0.2, 0.25) is 0 Å². The van der Waals surface area contributed by atoms with Crippen LogP contribution in [0.3, 0.4) is 0 Å². The minimum absolute atomic E-state index is 0.110. The Kier molecular flexibility index (Phi) is 6.29. The Balaban J connectivity index is 1.28. The lowest BCUT2D eigenvalue weighted by molar-refractivity contribution is 0.0877. The molecule has 1 N–H and O–H groups in total. The predicted octanol–water partition coefficient (Wildman–Crippen LogP) is 8.00. The van der Waals surface area contributed by atoms with E-state index in [1.54, 1.807) is 24.3 Å². The molecule has 0 aromatic heterocycles. The quantitative estimate of drug-likeness (QED) is 0.113. The van der Waals surface area contributed by atoms with Crippen molar-refractivity contribution in [3.05, 3.63) is 130 Å². The van der Waals surface area contributed by atoms with Crippen LogP contribution in [0.25, 0.3) is 43.1 Å². The van der Waals surface area contributed by atoms with Crippen molar-refractivity contribution in [3.8, 4) is 0 Å². The third kappa shape index (κ3) is 3.76. The van der Waals surface area contributed by atoms with Crippen LogP contribution in [0.5, 0.6) is 0 Å². The number of fused-ring (bicyclic) bond motifs is 2. The van der Waals surface area contributed by atoms with Gasteiger partial charge in [-0.25, -0.2) is 9.80 Å². The van der Waals surface area contributed by atoms with Gasteiger partial charge < -0.3 is 5.11 Å². The normalized spacial score (nSPS) is 14.4. The van der Waals surface area contributed by atoms with Gasteiger partial charge in [-0.3, -0.25) is 19.2 Å². The fourth-order valence-corrected chi connectivity index (χ4v) is 8.25. The van der Waals surface area contributed by atoms with Crippen molar-refractivity contribution in [1.82, 2.24) is 0 Å². The highest BCUT2D eigenvalue weighted by Gasteiger charge is 2.39. The molecule has 238 valence electrons. The summed E-state index contributed by atoms with van der Waals surface area (Å²) in [7, 11) is 0. The van der Waals surface area contributed by atoms with Gasteiger partial charge >= 0.3 is 0 Å². The fourth-order valence-electron chi connectivity index (χ4n) is 8.25. The molecule has 2 aliphatic rings. The second-order valence-electron chi connectivity index (χ2n) is 12.8. The number of aliphatic hydroxyl groups is 1. The maximum Gasteiger partial charge on any atom is 0.266 e. The minimum atomic E-state index is -0.419. The van der Waals surface area contributed by atoms with Crippen LogP contribution in [0.4, 0.5) is 11.4 Å². The van der Waals surface area contributed by atoms with Gasteiger partial charge in [-0.1, -0.05) is 74.5 Å².